The summed E-state index contributed by atoms with van der Waals surface area (Å²) in [6, 6.07) is 18.8. The van der Waals surface area contributed by atoms with Crippen LogP contribution in [0.25, 0.3) is 22.2 Å². The highest BCUT2D eigenvalue weighted by Gasteiger charge is 2.32. The van der Waals surface area contributed by atoms with Gasteiger partial charge in [0.25, 0.3) is 0 Å². The Morgan fingerprint density at radius 3 is 2.66 bits per heavy atom. The highest BCUT2D eigenvalue weighted by atomic mass is 16.5. The first-order valence-corrected chi connectivity index (χ1v) is 11.1. The Morgan fingerprint density at radius 1 is 1.06 bits per heavy atom. The Labute approximate surface area is 188 Å². The van der Waals surface area contributed by atoms with Crippen LogP contribution in [0.3, 0.4) is 0 Å². The highest BCUT2D eigenvalue weighted by molar-refractivity contribution is 6.00. The molecule has 0 saturated heterocycles. The molecule has 2 aromatic heterocycles. The van der Waals surface area contributed by atoms with E-state index in [1.54, 1.807) is 6.33 Å². The van der Waals surface area contributed by atoms with E-state index >= 15 is 0 Å². The maximum Gasteiger partial charge on any atom is 0.146 e. The molecule has 0 radical (unpaired) electrons. The smallest absolute Gasteiger partial charge is 0.146 e. The lowest BCUT2D eigenvalue weighted by Gasteiger charge is -2.38. The third-order valence-corrected chi connectivity index (χ3v) is 6.26. The molecule has 1 aliphatic carbocycles. The molecule has 1 aliphatic rings. The average molecular weight is 428 g/mol. The van der Waals surface area contributed by atoms with E-state index in [2.05, 4.69) is 64.0 Å². The molecular formula is C26H29N5O. The molecule has 0 bridgehead atoms. The molecule has 0 amide bonds. The lowest BCUT2D eigenvalue weighted by Crippen LogP contribution is -2.33. The first kappa shape index (κ1) is 20.5. The molecule has 0 atom stereocenters. The zero-order chi connectivity index (χ0) is 22.1. The summed E-state index contributed by atoms with van der Waals surface area (Å²) in [7, 11) is 4.27. The van der Waals surface area contributed by atoms with Crippen LogP contribution in [0.1, 0.15) is 24.4 Å². The number of rotatable bonds is 7. The number of nitrogens with two attached hydrogens (primary N) is 1. The van der Waals surface area contributed by atoms with Crippen molar-refractivity contribution in [3.63, 3.8) is 0 Å². The van der Waals surface area contributed by atoms with E-state index in [0.717, 1.165) is 58.8 Å². The fourth-order valence-electron chi connectivity index (χ4n) is 4.69. The van der Waals surface area contributed by atoms with E-state index in [1.165, 1.54) is 0 Å². The van der Waals surface area contributed by atoms with Crippen molar-refractivity contribution < 1.29 is 4.74 Å². The molecular weight excluding hydrogens is 398 g/mol. The molecule has 0 spiro atoms. The third-order valence-electron chi connectivity index (χ3n) is 6.26. The first-order chi connectivity index (χ1) is 15.6. The molecule has 1 fully saturated rings. The first-order valence-electron chi connectivity index (χ1n) is 11.1. The van der Waals surface area contributed by atoms with Crippen LogP contribution in [0.4, 0.5) is 5.82 Å². The number of hydrogen-bond donors (Lipinski definition) is 1. The Hall–Kier alpha value is -3.38. The van der Waals surface area contributed by atoms with Gasteiger partial charge in [-0.25, -0.2) is 9.97 Å². The summed E-state index contributed by atoms with van der Waals surface area (Å²) >= 11 is 0. The SMILES string of the molecule is CN(C)C[C@H]1C[C@H](n2cc(-c3cccc(OCc4ccccc4)c3)c3c(N)ncnc32)C1. The van der Waals surface area contributed by atoms with Crippen molar-refractivity contribution in [1.29, 1.82) is 0 Å². The normalized spacial score (nSPS) is 18.1. The zero-order valence-corrected chi connectivity index (χ0v) is 18.6. The van der Waals surface area contributed by atoms with Gasteiger partial charge in [-0.1, -0.05) is 42.5 Å². The van der Waals surface area contributed by atoms with Gasteiger partial charge in [0.1, 0.15) is 30.1 Å². The number of ether oxygens (including phenoxy) is 1. The molecule has 32 heavy (non-hydrogen) atoms. The van der Waals surface area contributed by atoms with Gasteiger partial charge in [-0.05, 0) is 56.1 Å². The predicted molar refractivity (Wildman–Crippen MR) is 128 cm³/mol. The van der Waals surface area contributed by atoms with Gasteiger partial charge >= 0.3 is 0 Å². The standard InChI is InChI=1S/C26H29N5O/c1-30(2)14-19-11-21(12-19)31-15-23(24-25(27)28-17-29-26(24)31)20-9-6-10-22(13-20)32-16-18-7-4-3-5-8-18/h3-10,13,15,17,19,21H,11-12,14,16H2,1-2H3,(H2,27,28,29)/t19-,21-. The predicted octanol–water partition coefficient (Wildman–Crippen LogP) is 4.77. The second-order valence-corrected chi connectivity index (χ2v) is 8.96. The van der Waals surface area contributed by atoms with Crippen molar-refractivity contribution in [2.75, 3.05) is 26.4 Å². The van der Waals surface area contributed by atoms with Crippen LogP contribution in [-0.4, -0.2) is 40.1 Å². The van der Waals surface area contributed by atoms with Crippen LogP contribution < -0.4 is 10.5 Å². The molecule has 5 rings (SSSR count). The summed E-state index contributed by atoms with van der Waals surface area (Å²) < 4.78 is 8.36. The lowest BCUT2D eigenvalue weighted by molar-refractivity contribution is 0.159. The number of nitrogens with zero attached hydrogens (tertiary/aromatic N) is 4. The molecule has 1 saturated carbocycles. The van der Waals surface area contributed by atoms with E-state index in [1.807, 2.05) is 30.3 Å². The van der Waals surface area contributed by atoms with Crippen molar-refractivity contribution in [3.05, 3.63) is 72.7 Å². The van der Waals surface area contributed by atoms with Crippen LogP contribution >= 0.6 is 0 Å². The maximum atomic E-state index is 6.33. The van der Waals surface area contributed by atoms with Crippen LogP contribution in [0.2, 0.25) is 0 Å². The van der Waals surface area contributed by atoms with E-state index in [0.29, 0.717) is 18.5 Å². The summed E-state index contributed by atoms with van der Waals surface area (Å²) in [4.78, 5) is 11.1. The molecule has 0 aliphatic heterocycles. The maximum absolute atomic E-state index is 6.33. The summed E-state index contributed by atoms with van der Waals surface area (Å²) in [6.07, 6.45) is 6.08. The Balaban J connectivity index is 1.44. The molecule has 6 nitrogen and oxygen atoms in total. The van der Waals surface area contributed by atoms with Gasteiger partial charge in [-0.15, -0.1) is 0 Å². The number of aromatic nitrogens is 3. The van der Waals surface area contributed by atoms with Gasteiger partial charge in [0.15, 0.2) is 0 Å². The van der Waals surface area contributed by atoms with Crippen LogP contribution in [0.5, 0.6) is 5.75 Å². The summed E-state index contributed by atoms with van der Waals surface area (Å²) in [5, 5.41) is 0.920. The van der Waals surface area contributed by atoms with Crippen molar-refractivity contribution in [1.82, 2.24) is 19.4 Å². The van der Waals surface area contributed by atoms with Gasteiger partial charge in [-0.2, -0.15) is 0 Å². The van der Waals surface area contributed by atoms with E-state index in [4.69, 9.17) is 10.5 Å². The van der Waals surface area contributed by atoms with Crippen molar-refractivity contribution in [2.24, 2.45) is 5.92 Å². The molecule has 6 heteroatoms. The third kappa shape index (κ3) is 4.06. The van der Waals surface area contributed by atoms with Gasteiger partial charge in [0.05, 0.1) is 5.39 Å². The fraction of sp³-hybridized carbons (Fsp3) is 0.308. The largest absolute Gasteiger partial charge is 0.489 e. The van der Waals surface area contributed by atoms with Gasteiger partial charge in [0.2, 0.25) is 0 Å². The molecule has 2 aromatic carbocycles. The number of anilines is 1. The second kappa shape index (κ2) is 8.63. The average Bonchev–Trinajstić information content (AvgIpc) is 3.16. The van der Waals surface area contributed by atoms with Crippen molar-refractivity contribution in [3.8, 4) is 16.9 Å². The van der Waals surface area contributed by atoms with Gasteiger partial charge < -0.3 is 19.9 Å². The number of benzene rings is 2. The highest BCUT2D eigenvalue weighted by Crippen LogP contribution is 2.43. The van der Waals surface area contributed by atoms with Crippen LogP contribution in [0.15, 0.2) is 67.1 Å². The minimum absolute atomic E-state index is 0.447. The fourth-order valence-corrected chi connectivity index (χ4v) is 4.69. The van der Waals surface area contributed by atoms with E-state index in [9.17, 15) is 0 Å². The van der Waals surface area contributed by atoms with Crippen LogP contribution in [0, 0.1) is 5.92 Å². The summed E-state index contributed by atoms with van der Waals surface area (Å²) in [5.41, 5.74) is 10.5. The summed E-state index contributed by atoms with van der Waals surface area (Å²) in [5.74, 6) is 2.07. The molecule has 2 heterocycles. The topological polar surface area (TPSA) is 69.2 Å². The minimum Gasteiger partial charge on any atom is -0.489 e. The monoisotopic (exact) mass is 427 g/mol. The van der Waals surface area contributed by atoms with Crippen LogP contribution in [-0.2, 0) is 6.61 Å². The Kier molecular flexibility index (Phi) is 5.53. The van der Waals surface area contributed by atoms with Crippen molar-refractivity contribution in [2.45, 2.75) is 25.5 Å². The molecule has 164 valence electrons. The summed E-state index contributed by atoms with van der Waals surface area (Å²) in [6.45, 7) is 1.66. The Bertz CT molecular complexity index is 1210. The number of nitrogen functional groups attached to an aromatic ring is 1. The zero-order valence-electron chi connectivity index (χ0n) is 18.6. The number of fused-ring (bicyclic) bond motifs is 1. The molecule has 4 aromatic rings. The lowest BCUT2D eigenvalue weighted by atomic mass is 9.80. The van der Waals surface area contributed by atoms with Gasteiger partial charge in [-0.3, -0.25) is 0 Å². The van der Waals surface area contributed by atoms with Crippen molar-refractivity contribution >= 4 is 16.9 Å². The molecule has 0 unspecified atom stereocenters. The van der Waals surface area contributed by atoms with E-state index in [-0.39, 0.29) is 0 Å². The van der Waals surface area contributed by atoms with Gasteiger partial charge in [0, 0.05) is 24.3 Å². The molecule has 2 N–H and O–H groups in total. The second-order valence-electron chi connectivity index (χ2n) is 8.96. The number of hydrogen-bond acceptors (Lipinski definition) is 5. The quantitative estimate of drug-likeness (QED) is 0.460. The Morgan fingerprint density at radius 2 is 1.88 bits per heavy atom. The van der Waals surface area contributed by atoms with E-state index < -0.39 is 0 Å². The minimum atomic E-state index is 0.447.